The second kappa shape index (κ2) is 12.4. The van der Waals surface area contributed by atoms with Gasteiger partial charge in [-0.15, -0.1) is 0 Å². The summed E-state index contributed by atoms with van der Waals surface area (Å²) in [4.78, 5) is 7.43. The van der Waals surface area contributed by atoms with Crippen molar-refractivity contribution in [3.8, 4) is 11.5 Å². The fourth-order valence-electron chi connectivity index (χ4n) is 6.32. The van der Waals surface area contributed by atoms with Crippen LogP contribution in [0, 0.1) is 13.8 Å². The van der Waals surface area contributed by atoms with Crippen molar-refractivity contribution in [1.82, 2.24) is 9.80 Å². The molecule has 8 heteroatoms. The molecular weight excluding hydrogens is 502 g/mol. The quantitative estimate of drug-likeness (QED) is 0.528. The van der Waals surface area contributed by atoms with Crippen LogP contribution in [-0.4, -0.2) is 93.3 Å². The number of β-amino-alcohol motifs (C(OH)–C–C–N with tert-alkyl or cyclic N) is 1. The molecule has 2 aromatic carbocycles. The van der Waals surface area contributed by atoms with Gasteiger partial charge in [0, 0.05) is 63.1 Å². The lowest BCUT2D eigenvalue weighted by molar-refractivity contribution is 0.00458. The van der Waals surface area contributed by atoms with Crippen LogP contribution in [0.5, 0.6) is 11.5 Å². The Labute approximate surface area is 232 Å². The van der Waals surface area contributed by atoms with E-state index < -0.39 is 6.10 Å². The summed E-state index contributed by atoms with van der Waals surface area (Å²) in [5.74, 6) is 1.61. The molecule has 3 fully saturated rings. The number of methoxy groups -OCH3 is 1. The van der Waals surface area contributed by atoms with Crippen LogP contribution in [0.4, 0.5) is 5.69 Å². The second-order valence-corrected chi connectivity index (χ2v) is 11.3. The predicted molar refractivity (Wildman–Crippen MR) is 152 cm³/mol. The minimum Gasteiger partial charge on any atom is -0.495 e. The maximum Gasteiger partial charge on any atom is 0.139 e. The summed E-state index contributed by atoms with van der Waals surface area (Å²) in [6, 6.07) is 11.4. The standard InChI is InChI=1S/C30H42ClN3O4/c1-21-22(2)29(38-20-25(35)19-32-13-15-37-16-14-32)10-8-26(21)28-6-4-5-24-18-33(11-12-34(24)28)23-7-9-27(31)30(17-23)36-3/h7-10,17,24-25,28,35H,4-6,11-16,18-20H2,1-3H3/t24?,25?,28-/m1/s1. The molecule has 5 rings (SSSR count). The van der Waals surface area contributed by atoms with Crippen LogP contribution in [0.3, 0.4) is 0 Å². The molecule has 2 unspecified atom stereocenters. The molecule has 1 N–H and O–H groups in total. The number of piperidine rings is 1. The van der Waals surface area contributed by atoms with Crippen molar-refractivity contribution in [2.45, 2.75) is 51.3 Å². The van der Waals surface area contributed by atoms with E-state index in [1.54, 1.807) is 7.11 Å². The van der Waals surface area contributed by atoms with Gasteiger partial charge in [0.05, 0.1) is 25.3 Å². The maximum atomic E-state index is 10.5. The van der Waals surface area contributed by atoms with Crippen LogP contribution in [0.2, 0.25) is 5.02 Å². The number of rotatable bonds is 8. The molecule has 0 spiro atoms. The zero-order valence-corrected chi connectivity index (χ0v) is 23.8. The average Bonchev–Trinajstić information content (AvgIpc) is 2.94. The number of ether oxygens (including phenoxy) is 3. The van der Waals surface area contributed by atoms with Gasteiger partial charge in [0.1, 0.15) is 24.2 Å². The lowest BCUT2D eigenvalue weighted by atomic mass is 9.86. The van der Waals surface area contributed by atoms with Crippen molar-refractivity contribution < 1.29 is 19.3 Å². The number of aliphatic hydroxyl groups is 1. The minimum absolute atomic E-state index is 0.305. The van der Waals surface area contributed by atoms with Crippen LogP contribution in [0.1, 0.15) is 42.0 Å². The van der Waals surface area contributed by atoms with Crippen LogP contribution in [-0.2, 0) is 4.74 Å². The number of morpholine rings is 1. The zero-order valence-electron chi connectivity index (χ0n) is 23.0. The first-order valence-corrected chi connectivity index (χ1v) is 14.4. The summed E-state index contributed by atoms with van der Waals surface area (Å²) >= 11 is 6.27. The monoisotopic (exact) mass is 543 g/mol. The molecule has 7 nitrogen and oxygen atoms in total. The Bertz CT molecular complexity index is 1090. The molecule has 0 bridgehead atoms. The summed E-state index contributed by atoms with van der Waals surface area (Å²) in [6.07, 6.45) is 3.12. The van der Waals surface area contributed by atoms with Crippen molar-refractivity contribution in [1.29, 1.82) is 0 Å². The van der Waals surface area contributed by atoms with Crippen LogP contribution in [0.25, 0.3) is 0 Å². The van der Waals surface area contributed by atoms with Crippen LogP contribution in [0.15, 0.2) is 30.3 Å². The Morgan fingerprint density at radius 1 is 1.03 bits per heavy atom. The minimum atomic E-state index is -0.511. The van der Waals surface area contributed by atoms with E-state index in [0.29, 0.717) is 30.3 Å². The van der Waals surface area contributed by atoms with Gasteiger partial charge < -0.3 is 24.2 Å². The number of halogens is 1. The third-order valence-corrected chi connectivity index (χ3v) is 8.90. The second-order valence-electron chi connectivity index (χ2n) is 10.9. The van der Waals surface area contributed by atoms with Crippen LogP contribution >= 0.6 is 11.6 Å². The molecule has 3 saturated heterocycles. The number of piperazine rings is 1. The van der Waals surface area contributed by atoms with Gasteiger partial charge in [-0.25, -0.2) is 0 Å². The highest BCUT2D eigenvalue weighted by Gasteiger charge is 2.36. The van der Waals surface area contributed by atoms with Gasteiger partial charge in [-0.1, -0.05) is 17.7 Å². The van der Waals surface area contributed by atoms with Gasteiger partial charge in [0.2, 0.25) is 0 Å². The Balaban J connectivity index is 1.23. The number of hydrogen-bond acceptors (Lipinski definition) is 7. The number of fused-ring (bicyclic) bond motifs is 1. The molecule has 0 aliphatic carbocycles. The van der Waals surface area contributed by atoms with E-state index in [0.717, 1.165) is 57.4 Å². The Morgan fingerprint density at radius 3 is 2.63 bits per heavy atom. The molecule has 0 radical (unpaired) electrons. The molecule has 3 aliphatic heterocycles. The molecular formula is C30H42ClN3O4. The topological polar surface area (TPSA) is 57.6 Å². The molecule has 3 aliphatic rings. The molecule has 0 amide bonds. The Kier molecular flexibility index (Phi) is 9.01. The molecule has 0 saturated carbocycles. The fraction of sp³-hybridized carbons (Fsp3) is 0.600. The van der Waals surface area contributed by atoms with E-state index in [2.05, 4.69) is 52.8 Å². The van der Waals surface area contributed by atoms with E-state index in [-0.39, 0.29) is 0 Å². The molecule has 208 valence electrons. The highest BCUT2D eigenvalue weighted by atomic mass is 35.5. The van der Waals surface area contributed by atoms with E-state index in [1.165, 1.54) is 41.6 Å². The first kappa shape index (κ1) is 27.5. The third kappa shape index (κ3) is 6.07. The normalized spacial score (nSPS) is 23.7. The number of nitrogens with zero attached hydrogens (tertiary/aromatic N) is 3. The van der Waals surface area contributed by atoms with Crippen molar-refractivity contribution in [2.75, 3.05) is 71.1 Å². The fourth-order valence-corrected chi connectivity index (χ4v) is 6.51. The summed E-state index contributed by atoms with van der Waals surface area (Å²) < 4.78 is 17.0. The number of hydrogen-bond donors (Lipinski definition) is 1. The van der Waals surface area contributed by atoms with Gasteiger partial charge >= 0.3 is 0 Å². The summed E-state index contributed by atoms with van der Waals surface area (Å²) in [5.41, 5.74) is 5.07. The van der Waals surface area contributed by atoms with Crippen molar-refractivity contribution in [3.05, 3.63) is 52.0 Å². The van der Waals surface area contributed by atoms with Gasteiger partial charge in [0.25, 0.3) is 0 Å². The summed E-state index contributed by atoms with van der Waals surface area (Å²) in [6.45, 7) is 11.5. The van der Waals surface area contributed by atoms with E-state index >= 15 is 0 Å². The lowest BCUT2D eigenvalue weighted by Gasteiger charge is -2.49. The molecule has 3 heterocycles. The van der Waals surface area contributed by atoms with E-state index in [9.17, 15) is 5.11 Å². The Morgan fingerprint density at radius 2 is 1.84 bits per heavy atom. The smallest absolute Gasteiger partial charge is 0.139 e. The molecule has 38 heavy (non-hydrogen) atoms. The average molecular weight is 544 g/mol. The number of aliphatic hydroxyl groups excluding tert-OH is 1. The number of benzene rings is 2. The number of anilines is 1. The lowest BCUT2D eigenvalue weighted by Crippen LogP contribution is -2.56. The molecule has 2 aromatic rings. The Hall–Kier alpha value is -2.03. The van der Waals surface area contributed by atoms with Gasteiger partial charge in [-0.3, -0.25) is 9.80 Å². The first-order chi connectivity index (χ1) is 18.4. The van der Waals surface area contributed by atoms with E-state index in [4.69, 9.17) is 25.8 Å². The first-order valence-electron chi connectivity index (χ1n) is 14.0. The van der Waals surface area contributed by atoms with Crippen molar-refractivity contribution in [2.24, 2.45) is 0 Å². The maximum absolute atomic E-state index is 10.5. The molecule has 0 aromatic heterocycles. The van der Waals surface area contributed by atoms with Crippen molar-refractivity contribution >= 4 is 17.3 Å². The van der Waals surface area contributed by atoms with Gasteiger partial charge in [0.15, 0.2) is 0 Å². The largest absolute Gasteiger partial charge is 0.495 e. The third-order valence-electron chi connectivity index (χ3n) is 8.59. The van der Waals surface area contributed by atoms with Crippen LogP contribution < -0.4 is 14.4 Å². The summed E-state index contributed by atoms with van der Waals surface area (Å²) in [7, 11) is 1.67. The predicted octanol–water partition coefficient (Wildman–Crippen LogP) is 4.45. The summed E-state index contributed by atoms with van der Waals surface area (Å²) in [5, 5.41) is 11.2. The highest BCUT2D eigenvalue weighted by molar-refractivity contribution is 6.32. The van der Waals surface area contributed by atoms with Gasteiger partial charge in [-0.05, 0) is 68.0 Å². The SMILES string of the molecule is COc1cc(N2CCN3C(CCC[C@@H]3c3ccc(OCC(O)CN4CCOCC4)c(C)c3C)C2)ccc1Cl. The molecule has 3 atom stereocenters. The highest BCUT2D eigenvalue weighted by Crippen LogP contribution is 2.40. The van der Waals surface area contributed by atoms with E-state index in [1.807, 2.05) is 6.07 Å². The zero-order chi connectivity index (χ0) is 26.6. The van der Waals surface area contributed by atoms with Gasteiger partial charge in [-0.2, -0.15) is 0 Å². The van der Waals surface area contributed by atoms with Crippen molar-refractivity contribution in [3.63, 3.8) is 0 Å².